The Bertz CT molecular complexity index is 989. The lowest BCUT2D eigenvalue weighted by atomic mass is 9.45. The van der Waals surface area contributed by atoms with Gasteiger partial charge in [0.05, 0.1) is 0 Å². The van der Waals surface area contributed by atoms with Crippen LogP contribution >= 0.6 is 0 Å². The molecule has 0 aromatic carbocycles. The van der Waals surface area contributed by atoms with Gasteiger partial charge in [-0.2, -0.15) is 10.2 Å². The molecular weight excluding hydrogens is 484 g/mol. The minimum Gasteiger partial charge on any atom is -0.160 e. The Hall–Kier alpha value is -0.660. The van der Waals surface area contributed by atoms with E-state index >= 15 is 0 Å². The first-order valence-corrected chi connectivity index (χ1v) is 18.4. The summed E-state index contributed by atoms with van der Waals surface area (Å²) in [5.74, 6) is 7.68. The van der Waals surface area contributed by atoms with E-state index in [-0.39, 0.29) is 0 Å². The highest BCUT2D eigenvalue weighted by atomic mass is 15.2. The van der Waals surface area contributed by atoms with Crippen molar-refractivity contribution in [2.75, 3.05) is 0 Å². The lowest BCUT2D eigenvalue weighted by Crippen LogP contribution is -2.53. The number of rotatable bonds is 1. The zero-order chi connectivity index (χ0) is 27.3. The highest BCUT2D eigenvalue weighted by Crippen LogP contribution is 2.67. The maximum Gasteiger partial charge on any atom is 0.0467 e. The minimum absolute atomic E-state index is 0.327. The molecule has 12 atom stereocenters. The molecule has 0 heterocycles. The first-order valence-electron chi connectivity index (χ1n) is 18.4. The normalized spacial score (nSPS) is 57.5. The van der Waals surface area contributed by atoms with E-state index in [1.54, 1.807) is 0 Å². The third-order valence-electron chi connectivity index (χ3n) is 16.9. The van der Waals surface area contributed by atoms with Gasteiger partial charge in [-0.1, -0.05) is 53.4 Å². The molecule has 8 rings (SSSR count). The lowest BCUT2D eigenvalue weighted by molar-refractivity contribution is -0.0938. The summed E-state index contributed by atoms with van der Waals surface area (Å²) in [7, 11) is 0. The first kappa shape index (κ1) is 26.9. The van der Waals surface area contributed by atoms with Crippen LogP contribution in [0.1, 0.15) is 156 Å². The fourth-order valence-electron chi connectivity index (χ4n) is 14.6. The van der Waals surface area contributed by atoms with Gasteiger partial charge in [-0.3, -0.25) is 0 Å². The fourth-order valence-corrected chi connectivity index (χ4v) is 14.6. The Morgan fingerprint density at radius 1 is 0.450 bits per heavy atom. The molecule has 8 aliphatic carbocycles. The summed E-state index contributed by atoms with van der Waals surface area (Å²) in [5.41, 5.74) is 4.96. The predicted octanol–water partition coefficient (Wildman–Crippen LogP) is 10.6. The Labute approximate surface area is 246 Å². The van der Waals surface area contributed by atoms with Crippen LogP contribution in [-0.4, -0.2) is 11.4 Å². The second-order valence-electron chi connectivity index (χ2n) is 17.9. The molecule has 0 unspecified atom stereocenters. The molecule has 0 bridgehead atoms. The highest BCUT2D eigenvalue weighted by Gasteiger charge is 2.61. The Morgan fingerprint density at radius 3 is 1.35 bits per heavy atom. The molecule has 8 saturated carbocycles. The van der Waals surface area contributed by atoms with Crippen LogP contribution in [0.15, 0.2) is 10.2 Å². The summed E-state index contributed by atoms with van der Waals surface area (Å²) in [6.07, 6.45) is 29.0. The monoisotopic (exact) mass is 544 g/mol. The van der Waals surface area contributed by atoms with Crippen molar-refractivity contribution in [1.29, 1.82) is 0 Å². The molecule has 222 valence electrons. The van der Waals surface area contributed by atoms with Gasteiger partial charge in [-0.15, -0.1) is 0 Å². The summed E-state index contributed by atoms with van der Waals surface area (Å²) in [6, 6.07) is 0. The molecule has 8 aliphatic rings. The summed E-state index contributed by atoms with van der Waals surface area (Å²) >= 11 is 0. The highest BCUT2D eigenvalue weighted by molar-refractivity contribution is 5.95. The summed E-state index contributed by atoms with van der Waals surface area (Å²) in [4.78, 5) is 0. The number of fused-ring (bicyclic) bond motifs is 10. The maximum atomic E-state index is 5.32. The summed E-state index contributed by atoms with van der Waals surface area (Å²) < 4.78 is 0. The Balaban J connectivity index is 1.02. The molecule has 0 aromatic rings. The van der Waals surface area contributed by atoms with Crippen LogP contribution in [0.4, 0.5) is 0 Å². The number of hydrogen-bond donors (Lipinski definition) is 0. The van der Waals surface area contributed by atoms with E-state index < -0.39 is 0 Å². The van der Waals surface area contributed by atoms with Crippen LogP contribution in [0.2, 0.25) is 0 Å². The first-order chi connectivity index (χ1) is 19.3. The predicted molar refractivity (Wildman–Crippen MR) is 168 cm³/mol. The van der Waals surface area contributed by atoms with E-state index in [2.05, 4.69) is 27.7 Å². The molecule has 8 fully saturated rings. The quantitative estimate of drug-likeness (QED) is 0.293. The second kappa shape index (κ2) is 9.42. The molecule has 0 aromatic heterocycles. The topological polar surface area (TPSA) is 24.7 Å². The van der Waals surface area contributed by atoms with Crippen molar-refractivity contribution in [3.8, 4) is 0 Å². The van der Waals surface area contributed by atoms with E-state index in [0.29, 0.717) is 21.7 Å². The van der Waals surface area contributed by atoms with E-state index in [4.69, 9.17) is 10.2 Å². The molecule has 0 radical (unpaired) electrons. The standard InChI is InChI=1S/C38H60N2/c1-35-21-7-5-9-25(35)11-13-27-29-15-17-33(37(29,3)23-19-31(27)35)39-40-34-18-16-30-28-14-12-26-10-6-8-22-36(26,2)32(28)20-24-38(30,34)4/h25-32H,5-24H2,1-4H3/b39-33+,40-34+/t25-,26+,27-,28+,29-,30-,31-,32-,35+,36+,37+,38+/m1/s1. The molecule has 0 amide bonds. The molecule has 0 saturated heterocycles. The third kappa shape index (κ3) is 3.64. The molecule has 40 heavy (non-hydrogen) atoms. The van der Waals surface area contributed by atoms with Gasteiger partial charge in [-0.25, -0.2) is 0 Å². The van der Waals surface area contributed by atoms with Gasteiger partial charge >= 0.3 is 0 Å². The van der Waals surface area contributed by atoms with Gasteiger partial charge in [0, 0.05) is 22.3 Å². The van der Waals surface area contributed by atoms with Gasteiger partial charge in [0.2, 0.25) is 0 Å². The number of nitrogens with zero attached hydrogens (tertiary/aromatic N) is 2. The summed E-state index contributed by atoms with van der Waals surface area (Å²) in [5, 5.41) is 10.6. The SMILES string of the molecule is C[C@]12CCCC[C@H]1CC[C@@H]1[C@H]2CC[C@]2(C)/C(=N/N=C3\CC[C@@H]4[C@H]5CC[C@H]6CCCC[C@]6(C)[C@@H]5CC[C@]34C)CC[C@H]12. The van der Waals surface area contributed by atoms with Crippen LogP contribution < -0.4 is 0 Å². The lowest BCUT2D eigenvalue weighted by Gasteiger charge is -2.60. The van der Waals surface area contributed by atoms with Crippen molar-refractivity contribution in [3.63, 3.8) is 0 Å². The van der Waals surface area contributed by atoms with Gasteiger partial charge in [0.15, 0.2) is 0 Å². The van der Waals surface area contributed by atoms with Gasteiger partial charge in [0.25, 0.3) is 0 Å². The zero-order valence-corrected chi connectivity index (χ0v) is 26.7. The molecular formula is C38H60N2. The fraction of sp³-hybridized carbons (Fsp3) is 0.947. The Kier molecular flexibility index (Phi) is 6.34. The van der Waals surface area contributed by atoms with E-state index in [9.17, 15) is 0 Å². The van der Waals surface area contributed by atoms with Crippen molar-refractivity contribution >= 4 is 11.4 Å². The van der Waals surface area contributed by atoms with Crippen LogP contribution in [-0.2, 0) is 0 Å². The molecule has 2 nitrogen and oxygen atoms in total. The van der Waals surface area contributed by atoms with Crippen molar-refractivity contribution in [3.05, 3.63) is 0 Å². The van der Waals surface area contributed by atoms with Crippen LogP contribution in [0.3, 0.4) is 0 Å². The van der Waals surface area contributed by atoms with Gasteiger partial charge in [0.1, 0.15) is 0 Å². The molecule has 2 heteroatoms. The van der Waals surface area contributed by atoms with Crippen molar-refractivity contribution < 1.29 is 0 Å². The zero-order valence-electron chi connectivity index (χ0n) is 26.7. The van der Waals surface area contributed by atoms with Crippen LogP contribution in [0.25, 0.3) is 0 Å². The second-order valence-corrected chi connectivity index (χ2v) is 17.9. The average molecular weight is 545 g/mol. The van der Waals surface area contributed by atoms with Crippen LogP contribution in [0, 0.1) is 69.0 Å². The van der Waals surface area contributed by atoms with E-state index in [1.807, 2.05) is 0 Å². The number of hydrogen-bond acceptors (Lipinski definition) is 2. The molecule has 0 N–H and O–H groups in total. The van der Waals surface area contributed by atoms with Crippen molar-refractivity contribution in [2.45, 2.75) is 156 Å². The van der Waals surface area contributed by atoms with E-state index in [1.165, 1.54) is 140 Å². The van der Waals surface area contributed by atoms with Crippen molar-refractivity contribution in [1.82, 2.24) is 0 Å². The average Bonchev–Trinajstić information content (AvgIpc) is 3.47. The van der Waals surface area contributed by atoms with Crippen LogP contribution in [0.5, 0.6) is 0 Å². The smallest absolute Gasteiger partial charge is 0.0467 e. The maximum absolute atomic E-state index is 5.32. The molecule has 0 spiro atoms. The Morgan fingerprint density at radius 2 is 0.900 bits per heavy atom. The van der Waals surface area contributed by atoms with Crippen molar-refractivity contribution in [2.24, 2.45) is 79.2 Å². The van der Waals surface area contributed by atoms with Gasteiger partial charge in [-0.05, 0) is 161 Å². The minimum atomic E-state index is 0.327. The van der Waals surface area contributed by atoms with Gasteiger partial charge < -0.3 is 0 Å². The summed E-state index contributed by atoms with van der Waals surface area (Å²) in [6.45, 7) is 10.7. The van der Waals surface area contributed by atoms with E-state index in [0.717, 1.165) is 47.3 Å². The molecule has 0 aliphatic heterocycles. The third-order valence-corrected chi connectivity index (χ3v) is 16.9. The largest absolute Gasteiger partial charge is 0.160 e.